The minimum Gasteiger partial charge on any atom is -0.391 e. The summed E-state index contributed by atoms with van der Waals surface area (Å²) >= 11 is 3.41. The minimum atomic E-state index is -3.81. The van der Waals surface area contributed by atoms with E-state index in [-0.39, 0.29) is 48.9 Å². The average molecular weight is 909 g/mol. The predicted octanol–water partition coefficient (Wildman–Crippen LogP) is 4.87. The summed E-state index contributed by atoms with van der Waals surface area (Å²) in [4.78, 5) is 54.5. The Kier molecular flexibility index (Phi) is 17.8. The molecule has 0 fully saturated rings. The summed E-state index contributed by atoms with van der Waals surface area (Å²) in [6, 6.07) is 27.5. The molecule has 16 heteroatoms. The lowest BCUT2D eigenvalue weighted by atomic mass is 10.0. The predicted molar refractivity (Wildman–Crippen MR) is 234 cm³/mol. The fraction of sp³-hybridized carbons (Fsp3) is 0.364. The highest BCUT2D eigenvalue weighted by Crippen LogP contribution is 2.23. The maximum absolute atomic E-state index is 14.1. The van der Waals surface area contributed by atoms with Gasteiger partial charge in [-0.3, -0.25) is 23.5 Å². The molecule has 4 rings (SSSR count). The van der Waals surface area contributed by atoms with Crippen LogP contribution in [0, 0.1) is 5.92 Å². The Hall–Kier alpha value is -5.13. The van der Waals surface area contributed by atoms with Gasteiger partial charge in [0.25, 0.3) is 11.8 Å². The molecule has 0 aliphatic carbocycles. The van der Waals surface area contributed by atoms with E-state index in [1.54, 1.807) is 20.8 Å². The summed E-state index contributed by atoms with van der Waals surface area (Å²) in [5, 5.41) is 22.9. The van der Waals surface area contributed by atoms with Crippen molar-refractivity contribution >= 4 is 55.3 Å². The zero-order valence-electron chi connectivity index (χ0n) is 34.6. The lowest BCUT2D eigenvalue weighted by Crippen LogP contribution is -2.54. The second-order valence-corrected chi connectivity index (χ2v) is 17.7. The highest BCUT2D eigenvalue weighted by Gasteiger charge is 2.32. The Morgan fingerprint density at radius 3 is 1.93 bits per heavy atom. The first-order valence-electron chi connectivity index (χ1n) is 19.4. The van der Waals surface area contributed by atoms with Gasteiger partial charge in [0.05, 0.1) is 43.3 Å². The van der Waals surface area contributed by atoms with Gasteiger partial charge < -0.3 is 35.8 Å². The number of benzene rings is 4. The van der Waals surface area contributed by atoms with Crippen molar-refractivity contribution in [3.63, 3.8) is 0 Å². The average Bonchev–Trinajstić information content (AvgIpc) is 3.23. The number of aliphatic hydroxyl groups excluding tert-OH is 1. The van der Waals surface area contributed by atoms with Crippen LogP contribution in [0.25, 0.3) is 0 Å². The van der Waals surface area contributed by atoms with Crippen LogP contribution in [0.15, 0.2) is 108 Å². The summed E-state index contributed by atoms with van der Waals surface area (Å²) in [7, 11) is -1.22. The Balaban J connectivity index is 1.57. The first-order chi connectivity index (χ1) is 28.5. The van der Waals surface area contributed by atoms with Crippen molar-refractivity contribution in [1.82, 2.24) is 21.3 Å². The third-order valence-corrected chi connectivity index (χ3v) is 11.5. The van der Waals surface area contributed by atoms with Crippen molar-refractivity contribution in [1.29, 1.82) is 0 Å². The Morgan fingerprint density at radius 2 is 1.37 bits per heavy atom. The van der Waals surface area contributed by atoms with E-state index in [9.17, 15) is 32.7 Å². The first kappa shape index (κ1) is 47.5. The monoisotopic (exact) mass is 907 g/mol. The number of amides is 4. The third-order valence-electron chi connectivity index (χ3n) is 9.80. The molecule has 0 unspecified atom stereocenters. The lowest BCUT2D eigenvalue weighted by molar-refractivity contribution is -0.137. The van der Waals surface area contributed by atoms with Gasteiger partial charge in [-0.25, -0.2) is 8.42 Å². The number of carbonyl (C=O) groups is 4. The molecule has 0 bridgehead atoms. The largest absolute Gasteiger partial charge is 0.391 e. The number of nitrogens with zero attached hydrogens (tertiary/aromatic N) is 1. The SMILES string of the molecule is CO[C@H](C[C@H](O)[C@H](COCc1ccc(Br)cc1)NC(=O)c1cc(C(=O)N[C@H](C)c2ccccc2)cc(N(C)S(C)(=O)=O)c1)C(=O)N[C@H](C(=O)NCc1ccccc1)C(C)C. The van der Waals surface area contributed by atoms with E-state index in [0.29, 0.717) is 0 Å². The van der Waals surface area contributed by atoms with Crippen molar-refractivity contribution in [3.8, 4) is 0 Å². The van der Waals surface area contributed by atoms with Crippen molar-refractivity contribution < 1.29 is 42.2 Å². The van der Waals surface area contributed by atoms with Crippen LogP contribution in [0.2, 0.25) is 0 Å². The number of ether oxygens (including phenoxy) is 2. The number of sulfonamides is 1. The minimum absolute atomic E-state index is 0.0168. The van der Waals surface area contributed by atoms with Crippen LogP contribution in [0.5, 0.6) is 0 Å². The molecule has 5 atom stereocenters. The van der Waals surface area contributed by atoms with E-state index in [1.165, 1.54) is 32.4 Å². The molecule has 5 N–H and O–H groups in total. The molecule has 4 amide bonds. The van der Waals surface area contributed by atoms with Crippen LogP contribution < -0.4 is 25.6 Å². The van der Waals surface area contributed by atoms with Gasteiger partial charge >= 0.3 is 0 Å². The second-order valence-electron chi connectivity index (χ2n) is 14.8. The van der Waals surface area contributed by atoms with Crippen molar-refractivity contribution in [2.45, 2.75) is 70.7 Å². The number of hydrogen-bond donors (Lipinski definition) is 5. The van der Waals surface area contributed by atoms with E-state index >= 15 is 0 Å². The molecule has 14 nitrogen and oxygen atoms in total. The second kappa shape index (κ2) is 22.5. The molecule has 322 valence electrons. The van der Waals surface area contributed by atoms with Crippen LogP contribution in [-0.2, 0) is 42.2 Å². The van der Waals surface area contributed by atoms with Crippen molar-refractivity contribution in [2.75, 3.05) is 31.3 Å². The normalized spacial score (nSPS) is 13.9. The van der Waals surface area contributed by atoms with Gasteiger partial charge in [-0.2, -0.15) is 0 Å². The molecule has 0 radical (unpaired) electrons. The number of halogens is 1. The topological polar surface area (TPSA) is 192 Å². The van der Waals surface area contributed by atoms with Gasteiger partial charge in [0.2, 0.25) is 21.8 Å². The molecule has 0 aliphatic rings. The molecular formula is C44H54BrN5O9S. The van der Waals surface area contributed by atoms with E-state index in [0.717, 1.165) is 31.7 Å². The number of anilines is 1. The van der Waals surface area contributed by atoms with E-state index in [4.69, 9.17) is 9.47 Å². The highest BCUT2D eigenvalue weighted by molar-refractivity contribution is 9.10. The number of hydrogen-bond acceptors (Lipinski definition) is 9. The number of methoxy groups -OCH3 is 1. The molecule has 0 saturated heterocycles. The molecule has 0 aliphatic heterocycles. The van der Waals surface area contributed by atoms with E-state index in [1.807, 2.05) is 84.9 Å². The van der Waals surface area contributed by atoms with Gasteiger partial charge in [0, 0.05) is 42.7 Å². The number of nitrogens with one attached hydrogen (secondary N) is 4. The van der Waals surface area contributed by atoms with E-state index < -0.39 is 64.0 Å². The van der Waals surface area contributed by atoms with Crippen LogP contribution in [0.4, 0.5) is 5.69 Å². The zero-order chi connectivity index (χ0) is 44.0. The fourth-order valence-electron chi connectivity index (χ4n) is 6.11. The molecule has 0 aromatic heterocycles. The van der Waals surface area contributed by atoms with Crippen LogP contribution in [0.3, 0.4) is 0 Å². The summed E-state index contributed by atoms with van der Waals surface area (Å²) in [6.07, 6.45) is -2.00. The number of rotatable bonds is 21. The number of carbonyl (C=O) groups excluding carboxylic acids is 4. The lowest BCUT2D eigenvalue weighted by Gasteiger charge is -2.28. The van der Waals surface area contributed by atoms with Gasteiger partial charge in [-0.15, -0.1) is 0 Å². The number of aliphatic hydroxyl groups is 1. The van der Waals surface area contributed by atoms with Crippen LogP contribution in [-0.4, -0.2) is 88.5 Å². The molecule has 4 aromatic carbocycles. The van der Waals surface area contributed by atoms with Crippen molar-refractivity contribution in [3.05, 3.63) is 135 Å². The maximum atomic E-state index is 14.1. The van der Waals surface area contributed by atoms with Gasteiger partial charge in [-0.05, 0) is 59.9 Å². The molecule has 4 aromatic rings. The van der Waals surface area contributed by atoms with E-state index in [2.05, 4.69) is 37.2 Å². The summed E-state index contributed by atoms with van der Waals surface area (Å²) in [5.41, 5.74) is 2.53. The quantitative estimate of drug-likeness (QED) is 0.0776. The molecular weight excluding hydrogens is 854 g/mol. The third kappa shape index (κ3) is 14.3. The van der Waals surface area contributed by atoms with Crippen LogP contribution >= 0.6 is 15.9 Å². The molecule has 0 spiro atoms. The molecule has 0 heterocycles. The van der Waals surface area contributed by atoms with Gasteiger partial charge in [-0.1, -0.05) is 103 Å². The van der Waals surface area contributed by atoms with Gasteiger partial charge in [0.15, 0.2) is 0 Å². The Labute approximate surface area is 360 Å². The first-order valence-corrected chi connectivity index (χ1v) is 22.0. The summed E-state index contributed by atoms with van der Waals surface area (Å²) in [6.45, 7) is 5.54. The standard InChI is InChI=1S/C44H54BrN5O9S/c1-28(2)40(44(55)46-25-30-13-9-7-10-14-30)49-43(54)39(58-5)24-38(51)37(27-59-26-31-17-19-35(45)20-18-31)48-42(53)34-21-33(22-36(23-34)50(4)60(6,56)57)41(52)47-29(3)32-15-11-8-12-16-32/h7-23,28-29,37-40,51H,24-27H2,1-6H3,(H,46,55)(H,47,52)(H,48,53)(H,49,54)/t29-,37+,38+,39-,40+/m1/s1. The molecule has 0 saturated carbocycles. The maximum Gasteiger partial charge on any atom is 0.251 e. The van der Waals surface area contributed by atoms with Crippen LogP contribution in [0.1, 0.15) is 70.6 Å². The Bertz CT molecular complexity index is 2160. The molecule has 60 heavy (non-hydrogen) atoms. The Morgan fingerprint density at radius 1 is 0.783 bits per heavy atom. The highest BCUT2D eigenvalue weighted by atomic mass is 79.9. The fourth-order valence-corrected chi connectivity index (χ4v) is 6.86. The zero-order valence-corrected chi connectivity index (χ0v) is 37.0. The van der Waals surface area contributed by atoms with Gasteiger partial charge in [0.1, 0.15) is 12.1 Å². The summed E-state index contributed by atoms with van der Waals surface area (Å²) in [5.74, 6) is -2.65. The smallest absolute Gasteiger partial charge is 0.251 e. The van der Waals surface area contributed by atoms with Crippen molar-refractivity contribution in [2.24, 2.45) is 5.92 Å². The summed E-state index contributed by atoms with van der Waals surface area (Å²) < 4.78 is 38.5.